The Morgan fingerprint density at radius 2 is 0.500 bits per heavy atom. The summed E-state index contributed by atoms with van der Waals surface area (Å²) in [6.07, 6.45) is 8.34. The van der Waals surface area contributed by atoms with Gasteiger partial charge in [-0.1, -0.05) is 83.4 Å². The molecule has 3 aliphatic heterocycles. The van der Waals surface area contributed by atoms with Gasteiger partial charge in [-0.15, -0.1) is 0 Å². The van der Waals surface area contributed by atoms with Crippen molar-refractivity contribution in [2.24, 2.45) is 17.8 Å². The van der Waals surface area contributed by atoms with Gasteiger partial charge in [-0.05, 0) is 148 Å². The highest BCUT2D eigenvalue weighted by Crippen LogP contribution is 2.43. The van der Waals surface area contributed by atoms with Gasteiger partial charge in [-0.2, -0.15) is 61.6 Å². The minimum Gasteiger partial charge on any atom is -0.326 e. The van der Waals surface area contributed by atoms with E-state index < -0.39 is 60.1 Å². The van der Waals surface area contributed by atoms with Gasteiger partial charge in [0, 0.05) is 34.8 Å². The number of anilines is 6. The van der Waals surface area contributed by atoms with Crippen LogP contribution < -0.4 is 27.1 Å². The lowest BCUT2D eigenvalue weighted by Crippen LogP contribution is -2.30. The average molecular weight is 1240 g/mol. The van der Waals surface area contributed by atoms with Crippen LogP contribution in [0, 0.1) is 17.8 Å². The zero-order valence-corrected chi connectivity index (χ0v) is 49.8. The van der Waals surface area contributed by atoms with Crippen LogP contribution in [0.5, 0.6) is 0 Å². The van der Waals surface area contributed by atoms with Crippen LogP contribution in [0.2, 0.25) is 0 Å². The van der Waals surface area contributed by atoms with E-state index in [-0.39, 0.29) is 81.9 Å². The summed E-state index contributed by atoms with van der Waals surface area (Å²) < 4.78 is 153. The first-order valence-electron chi connectivity index (χ1n) is 26.4. The molecule has 0 unspecified atom stereocenters. The smallest absolute Gasteiger partial charge is 0.279 e. The molecule has 3 saturated carbocycles. The number of carbonyl (C=O) groups is 3. The largest absolute Gasteiger partial charge is 0.326 e. The van der Waals surface area contributed by atoms with Crippen LogP contribution in [0.1, 0.15) is 85.5 Å². The molecule has 0 bridgehead atoms. The summed E-state index contributed by atoms with van der Waals surface area (Å²) >= 11 is 0. The molecule has 3 fully saturated rings. The second-order valence-electron chi connectivity index (χ2n) is 19.0. The Morgan fingerprint density at radius 1 is 0.305 bits per heavy atom. The van der Waals surface area contributed by atoms with Crippen molar-refractivity contribution >= 4 is 112 Å². The summed E-state index contributed by atoms with van der Waals surface area (Å²) in [5.41, 5.74) is 1.50. The van der Waals surface area contributed by atoms with E-state index in [4.69, 9.17) is 0 Å². The van der Waals surface area contributed by atoms with Gasteiger partial charge in [0.2, 0.25) is 17.7 Å². The Bertz CT molecular complexity index is 3960. The molecule has 0 radical (unpaired) electrons. The number of nitrogens with zero attached hydrogens (tertiary/aromatic N) is 3. The van der Waals surface area contributed by atoms with Crippen LogP contribution in [0.15, 0.2) is 175 Å². The highest BCUT2D eigenvalue weighted by molar-refractivity contribution is 8.13. The summed E-state index contributed by atoms with van der Waals surface area (Å²) in [4.78, 5) is 34.5. The van der Waals surface area contributed by atoms with Crippen LogP contribution in [0.25, 0.3) is 0 Å². The van der Waals surface area contributed by atoms with Gasteiger partial charge in [-0.3, -0.25) is 14.4 Å². The molecule has 3 heterocycles. The number of sulfonamides is 6. The zero-order chi connectivity index (χ0) is 59.6. The van der Waals surface area contributed by atoms with Crippen molar-refractivity contribution in [1.82, 2.24) is 0 Å². The molecule has 0 atom stereocenters. The van der Waals surface area contributed by atoms with Crippen molar-refractivity contribution in [1.29, 1.82) is 0 Å². The van der Waals surface area contributed by atoms with E-state index in [1.165, 1.54) is 146 Å². The maximum absolute atomic E-state index is 12.7. The molecule has 3 amide bonds. The number of hydrogen-bond acceptors (Lipinski definition) is 15. The molecule has 0 spiro atoms. The molecule has 21 nitrogen and oxygen atoms in total. The van der Waals surface area contributed by atoms with Crippen LogP contribution in [0.4, 0.5) is 34.1 Å². The molecule has 12 rings (SSSR count). The van der Waals surface area contributed by atoms with E-state index in [9.17, 15) is 64.9 Å². The Labute approximate surface area is 479 Å². The monoisotopic (exact) mass is 1240 g/mol. The van der Waals surface area contributed by atoms with Gasteiger partial charge >= 0.3 is 0 Å². The first-order valence-corrected chi connectivity index (χ1v) is 35.0. The minimum absolute atomic E-state index is 0.000575. The lowest BCUT2D eigenvalue weighted by Gasteiger charge is -2.24. The number of fused-ring (bicyclic) bond motifs is 3. The standard InChI is InChI=1S/C18H18N2O5S2.C17H16N2O5S2.C16H14N2O5S2.2C2H6/c21-18(13-5-1-2-6-13)19-14-9-11-15(12-10-14)20-26(22,23)16-7-3-4-8-17(16)27(20,24)25;20-17(12-4-3-5-12)18-13-8-10-14(11-9-13)19-25(21,22)15-6-1-2-7-16(15)26(19,23)24;19-16(11-5-6-11)17-12-7-9-13(10-8-12)18-24(20,21)14-3-1-2-4-15(14)25(18,22)23;2*1-2/h3-4,7-13H,1-2,5-6H2,(H,19,21);1-2,6-12H,3-5H2,(H,18,20);1-4,7-11H,5-6H2,(H,17,19);2*1-2H3. The summed E-state index contributed by atoms with van der Waals surface area (Å²) in [6.45, 7) is 8.00. The van der Waals surface area contributed by atoms with Gasteiger partial charge in [0.15, 0.2) is 0 Å². The zero-order valence-electron chi connectivity index (χ0n) is 44.9. The lowest BCUT2D eigenvalue weighted by molar-refractivity contribution is -0.122. The molecular weight excluding hydrogens is 1180 g/mol. The topological polar surface area (TPSA) is 302 Å². The molecule has 6 aromatic rings. The van der Waals surface area contributed by atoms with E-state index >= 15 is 0 Å². The highest BCUT2D eigenvalue weighted by atomic mass is 32.3. The minimum atomic E-state index is -4.20. The molecule has 436 valence electrons. The van der Waals surface area contributed by atoms with Crippen molar-refractivity contribution in [3.05, 3.63) is 146 Å². The van der Waals surface area contributed by atoms with Gasteiger partial charge in [0.05, 0.1) is 17.1 Å². The molecule has 6 aromatic carbocycles. The van der Waals surface area contributed by atoms with Crippen molar-refractivity contribution in [3.8, 4) is 0 Å². The van der Waals surface area contributed by atoms with Gasteiger partial charge in [0.1, 0.15) is 29.4 Å². The quantitative estimate of drug-likeness (QED) is 0.122. The average Bonchev–Trinajstić information content (AvgIpc) is 2.38. The normalized spacial score (nSPS) is 19.4. The number of carbonyl (C=O) groups excluding carboxylic acids is 3. The van der Waals surface area contributed by atoms with Crippen LogP contribution >= 0.6 is 0 Å². The predicted molar refractivity (Wildman–Crippen MR) is 310 cm³/mol. The van der Waals surface area contributed by atoms with Crippen molar-refractivity contribution in [2.75, 3.05) is 27.1 Å². The fourth-order valence-corrected chi connectivity index (χ4v) is 22.7. The summed E-state index contributed by atoms with van der Waals surface area (Å²) in [5, 5.41) is 8.29. The SMILES string of the molecule is CC.CC.O=C(Nc1ccc(N2S(=O)(=O)c3ccccc3S2(=O)=O)cc1)C1CC1.O=C(Nc1ccc(N2S(=O)(=O)c3ccccc3S2(=O)=O)cc1)C1CCC1.O=C(Nc1ccc(N2S(=O)(=O)c3ccccc3S2(=O)=O)cc1)C1CCCC1. The Morgan fingerprint density at radius 3 is 0.683 bits per heavy atom. The number of amides is 3. The van der Waals surface area contributed by atoms with Gasteiger partial charge < -0.3 is 16.0 Å². The third-order valence-electron chi connectivity index (χ3n) is 13.7. The van der Waals surface area contributed by atoms with E-state index in [0.717, 1.165) is 57.8 Å². The molecule has 0 aromatic heterocycles. The molecule has 3 aliphatic carbocycles. The van der Waals surface area contributed by atoms with Crippen molar-refractivity contribution < 1.29 is 64.9 Å². The molecular formula is C55H60N6O15S6. The maximum atomic E-state index is 12.7. The molecule has 0 saturated heterocycles. The van der Waals surface area contributed by atoms with Gasteiger partial charge in [-0.25, -0.2) is 0 Å². The summed E-state index contributed by atoms with van der Waals surface area (Å²) in [6, 6.07) is 33.8. The number of nitrogens with one attached hydrogen (secondary N) is 3. The molecule has 82 heavy (non-hydrogen) atoms. The maximum Gasteiger partial charge on any atom is 0.279 e. The second-order valence-corrected chi connectivity index (χ2v) is 30.2. The molecule has 3 N–H and O–H groups in total. The third kappa shape index (κ3) is 11.6. The first-order chi connectivity index (χ1) is 38.9. The van der Waals surface area contributed by atoms with E-state index in [1.54, 1.807) is 0 Å². The summed E-state index contributed by atoms with van der Waals surface area (Å²) in [5.74, 6) is -0.163. The summed E-state index contributed by atoms with van der Waals surface area (Å²) in [7, 11) is -25.2. The molecule has 6 aliphatic rings. The van der Waals surface area contributed by atoms with E-state index in [2.05, 4.69) is 16.0 Å². The predicted octanol–water partition coefficient (Wildman–Crippen LogP) is 9.02. The van der Waals surface area contributed by atoms with E-state index in [0.29, 0.717) is 28.2 Å². The van der Waals surface area contributed by atoms with Crippen LogP contribution in [0.3, 0.4) is 0 Å². The van der Waals surface area contributed by atoms with Crippen LogP contribution in [-0.4, -0.2) is 68.2 Å². The van der Waals surface area contributed by atoms with Gasteiger partial charge in [0.25, 0.3) is 60.1 Å². The molecule has 27 heteroatoms. The van der Waals surface area contributed by atoms with Crippen LogP contribution in [-0.2, 0) is 74.5 Å². The van der Waals surface area contributed by atoms with Crippen molar-refractivity contribution in [3.63, 3.8) is 0 Å². The number of benzene rings is 6. The third-order valence-corrected chi connectivity index (χ3v) is 27.0. The highest BCUT2D eigenvalue weighted by Gasteiger charge is 2.49. The number of hydrogen-bond donors (Lipinski definition) is 3. The fraction of sp³-hybridized carbons (Fsp3) is 0.291. The van der Waals surface area contributed by atoms with E-state index in [1.807, 2.05) is 27.7 Å². The fourth-order valence-electron chi connectivity index (χ4n) is 9.32. The Kier molecular flexibility index (Phi) is 17.8. The Hall–Kier alpha value is -7.17. The Balaban J connectivity index is 0.000000156. The number of rotatable bonds is 9. The second kappa shape index (κ2) is 24.0. The lowest BCUT2D eigenvalue weighted by atomic mass is 9.85. The van der Waals surface area contributed by atoms with Crippen molar-refractivity contribution in [2.45, 2.75) is 115 Å². The first kappa shape index (κ1) is 60.9.